The van der Waals surface area contributed by atoms with Gasteiger partial charge in [0.15, 0.2) is 12.7 Å². The zero-order valence-corrected chi connectivity index (χ0v) is 14.1. The van der Waals surface area contributed by atoms with Gasteiger partial charge in [-0.25, -0.2) is 4.79 Å². The zero-order chi connectivity index (χ0) is 18.2. The van der Waals surface area contributed by atoms with Crippen LogP contribution < -0.4 is 5.32 Å². The Bertz CT molecular complexity index is 769. The number of amides is 1. The molecule has 7 nitrogen and oxygen atoms in total. The molecule has 2 aromatic rings. The number of azo groups is 1. The van der Waals surface area contributed by atoms with E-state index in [9.17, 15) is 9.59 Å². The van der Waals surface area contributed by atoms with Gasteiger partial charge in [-0.3, -0.25) is 4.79 Å². The predicted molar refractivity (Wildman–Crippen MR) is 95.6 cm³/mol. The molecule has 0 bridgehead atoms. The van der Waals surface area contributed by atoms with Crippen LogP contribution in [-0.2, 0) is 19.1 Å². The van der Waals surface area contributed by atoms with Crippen molar-refractivity contribution >= 4 is 28.9 Å². The number of rotatable bonds is 6. The predicted octanol–water partition coefficient (Wildman–Crippen LogP) is 3.76. The molecule has 1 heterocycles. The third kappa shape index (κ3) is 5.22. The van der Waals surface area contributed by atoms with Crippen LogP contribution in [-0.4, -0.2) is 31.2 Å². The largest absolute Gasteiger partial charge is 0.454 e. The molecule has 1 saturated heterocycles. The maximum absolute atomic E-state index is 11.9. The highest BCUT2D eigenvalue weighted by molar-refractivity contribution is 5.93. The molecule has 0 aliphatic carbocycles. The summed E-state index contributed by atoms with van der Waals surface area (Å²) in [5, 5.41) is 10.9. The van der Waals surface area contributed by atoms with Crippen molar-refractivity contribution in [3.8, 4) is 0 Å². The van der Waals surface area contributed by atoms with Crippen molar-refractivity contribution in [3.63, 3.8) is 0 Å². The number of anilines is 1. The lowest BCUT2D eigenvalue weighted by atomic mass is 10.2. The molecular formula is C19H19N3O4. The number of ether oxygens (including phenoxy) is 2. The van der Waals surface area contributed by atoms with Gasteiger partial charge in [0, 0.05) is 12.3 Å². The van der Waals surface area contributed by atoms with Crippen LogP contribution in [0.3, 0.4) is 0 Å². The highest BCUT2D eigenvalue weighted by atomic mass is 16.6. The molecule has 1 aliphatic heterocycles. The molecule has 1 amide bonds. The fraction of sp³-hybridized carbons (Fsp3) is 0.263. The van der Waals surface area contributed by atoms with Gasteiger partial charge >= 0.3 is 5.97 Å². The van der Waals surface area contributed by atoms with E-state index in [4.69, 9.17) is 9.47 Å². The van der Waals surface area contributed by atoms with Gasteiger partial charge in [-0.1, -0.05) is 18.2 Å². The molecule has 0 unspecified atom stereocenters. The standard InChI is InChI=1S/C19H19N3O4/c23-18(13-26-19(24)17-7-4-12-25-17)20-14-8-10-16(11-9-14)22-21-15-5-2-1-3-6-15/h1-3,5-6,8-11,17H,4,7,12-13H2,(H,20,23)/t17-/m1/s1. The molecule has 3 rings (SSSR count). The van der Waals surface area contributed by atoms with E-state index < -0.39 is 18.0 Å². The van der Waals surface area contributed by atoms with Gasteiger partial charge in [-0.2, -0.15) is 10.2 Å². The average molecular weight is 353 g/mol. The number of hydrogen-bond acceptors (Lipinski definition) is 6. The highest BCUT2D eigenvalue weighted by Crippen LogP contribution is 2.20. The zero-order valence-electron chi connectivity index (χ0n) is 14.1. The van der Waals surface area contributed by atoms with E-state index in [2.05, 4.69) is 15.5 Å². The van der Waals surface area contributed by atoms with Gasteiger partial charge in [0.2, 0.25) is 0 Å². The number of nitrogens with one attached hydrogen (secondary N) is 1. The lowest BCUT2D eigenvalue weighted by Crippen LogP contribution is -2.27. The summed E-state index contributed by atoms with van der Waals surface area (Å²) in [7, 11) is 0. The van der Waals surface area contributed by atoms with Crippen LogP contribution in [0, 0.1) is 0 Å². The quantitative estimate of drug-likeness (QED) is 0.632. The number of carbonyl (C=O) groups excluding carboxylic acids is 2. The molecule has 0 aromatic heterocycles. The van der Waals surface area contributed by atoms with Crippen LogP contribution in [0.25, 0.3) is 0 Å². The number of nitrogens with zero attached hydrogens (tertiary/aromatic N) is 2. The molecule has 7 heteroatoms. The summed E-state index contributed by atoms with van der Waals surface area (Å²) in [6, 6.07) is 16.3. The van der Waals surface area contributed by atoms with Crippen LogP contribution >= 0.6 is 0 Å². The number of carbonyl (C=O) groups is 2. The normalized spacial score (nSPS) is 16.5. The van der Waals surface area contributed by atoms with Gasteiger partial charge in [-0.15, -0.1) is 0 Å². The fourth-order valence-electron chi connectivity index (χ4n) is 2.41. The van der Waals surface area contributed by atoms with Crippen LogP contribution in [0.15, 0.2) is 64.8 Å². The lowest BCUT2D eigenvalue weighted by Gasteiger charge is -2.10. The molecule has 1 aliphatic rings. The van der Waals surface area contributed by atoms with E-state index in [0.29, 0.717) is 24.4 Å². The minimum atomic E-state index is -0.544. The topological polar surface area (TPSA) is 89.4 Å². The van der Waals surface area contributed by atoms with E-state index in [1.54, 1.807) is 24.3 Å². The first-order valence-electron chi connectivity index (χ1n) is 8.36. The summed E-state index contributed by atoms with van der Waals surface area (Å²) in [5.74, 6) is -0.899. The van der Waals surface area contributed by atoms with Crippen LogP contribution in [0.4, 0.5) is 17.1 Å². The Labute approximate surface area is 151 Å². The van der Waals surface area contributed by atoms with E-state index >= 15 is 0 Å². The third-order valence-electron chi connectivity index (χ3n) is 3.73. The molecule has 0 spiro atoms. The summed E-state index contributed by atoms with van der Waals surface area (Å²) in [5.41, 5.74) is 2.01. The molecule has 1 N–H and O–H groups in total. The molecule has 26 heavy (non-hydrogen) atoms. The summed E-state index contributed by atoms with van der Waals surface area (Å²) in [6.07, 6.45) is 0.927. The Morgan fingerprint density at radius 2 is 1.73 bits per heavy atom. The van der Waals surface area contributed by atoms with Crippen molar-refractivity contribution in [2.24, 2.45) is 10.2 Å². The maximum Gasteiger partial charge on any atom is 0.335 e. The van der Waals surface area contributed by atoms with Crippen LogP contribution in [0.2, 0.25) is 0 Å². The summed E-state index contributed by atoms with van der Waals surface area (Å²) in [4.78, 5) is 23.5. The second kappa shape index (κ2) is 8.87. The van der Waals surface area contributed by atoms with Crippen molar-refractivity contribution in [2.45, 2.75) is 18.9 Å². The molecule has 1 atom stereocenters. The second-order valence-corrected chi connectivity index (χ2v) is 5.74. The molecular weight excluding hydrogens is 334 g/mol. The summed E-state index contributed by atoms with van der Waals surface area (Å²) >= 11 is 0. The van der Waals surface area contributed by atoms with Crippen molar-refractivity contribution in [2.75, 3.05) is 18.5 Å². The minimum absolute atomic E-state index is 0.339. The van der Waals surface area contributed by atoms with E-state index in [-0.39, 0.29) is 6.61 Å². The Balaban J connectivity index is 1.46. The van der Waals surface area contributed by atoms with E-state index in [1.807, 2.05) is 30.3 Å². The van der Waals surface area contributed by atoms with Crippen LogP contribution in [0.5, 0.6) is 0 Å². The van der Waals surface area contributed by atoms with Gasteiger partial charge in [0.25, 0.3) is 5.91 Å². The van der Waals surface area contributed by atoms with Gasteiger partial charge in [0.05, 0.1) is 11.4 Å². The number of benzene rings is 2. The Morgan fingerprint density at radius 3 is 2.38 bits per heavy atom. The van der Waals surface area contributed by atoms with Crippen molar-refractivity contribution < 1.29 is 19.1 Å². The van der Waals surface area contributed by atoms with Crippen LogP contribution in [0.1, 0.15) is 12.8 Å². The smallest absolute Gasteiger partial charge is 0.335 e. The first-order valence-corrected chi connectivity index (χ1v) is 8.36. The first kappa shape index (κ1) is 17.8. The van der Waals surface area contributed by atoms with Gasteiger partial charge in [0.1, 0.15) is 0 Å². The number of hydrogen-bond donors (Lipinski definition) is 1. The first-order chi connectivity index (χ1) is 12.7. The molecule has 0 radical (unpaired) electrons. The van der Waals surface area contributed by atoms with Gasteiger partial charge in [-0.05, 0) is 49.2 Å². The molecule has 1 fully saturated rings. The molecule has 2 aromatic carbocycles. The molecule has 0 saturated carbocycles. The monoisotopic (exact) mass is 353 g/mol. The lowest BCUT2D eigenvalue weighted by molar-refractivity contribution is -0.156. The SMILES string of the molecule is O=C(COC(=O)[C@H]1CCCO1)Nc1ccc(N=Nc2ccccc2)cc1. The van der Waals surface area contributed by atoms with Crippen molar-refractivity contribution in [1.29, 1.82) is 0 Å². The van der Waals surface area contributed by atoms with Crippen molar-refractivity contribution in [1.82, 2.24) is 0 Å². The third-order valence-corrected chi connectivity index (χ3v) is 3.73. The van der Waals surface area contributed by atoms with Gasteiger partial charge < -0.3 is 14.8 Å². The Kier molecular flexibility index (Phi) is 6.05. The Hall–Kier alpha value is -3.06. The fourth-order valence-corrected chi connectivity index (χ4v) is 2.41. The van der Waals surface area contributed by atoms with E-state index in [0.717, 1.165) is 12.1 Å². The highest BCUT2D eigenvalue weighted by Gasteiger charge is 2.25. The molecule has 134 valence electrons. The van der Waals surface area contributed by atoms with E-state index in [1.165, 1.54) is 0 Å². The Morgan fingerprint density at radius 1 is 1.04 bits per heavy atom. The maximum atomic E-state index is 11.9. The second-order valence-electron chi connectivity index (χ2n) is 5.74. The summed E-state index contributed by atoms with van der Waals surface area (Å²) < 4.78 is 10.2. The minimum Gasteiger partial charge on any atom is -0.454 e. The average Bonchev–Trinajstić information content (AvgIpc) is 3.21. The number of esters is 1. The van der Waals surface area contributed by atoms with Crippen molar-refractivity contribution in [3.05, 3.63) is 54.6 Å². The summed E-state index contributed by atoms with van der Waals surface area (Å²) in [6.45, 7) is 0.216.